The predicted octanol–water partition coefficient (Wildman–Crippen LogP) is -0.0290. The van der Waals surface area contributed by atoms with Crippen LogP contribution in [0.4, 0.5) is 0 Å². The number of carbonyl (C=O) groups is 1. The maximum atomic E-state index is 11.9. The zero-order valence-corrected chi connectivity index (χ0v) is 9.47. The van der Waals surface area contributed by atoms with Crippen LogP contribution in [0.2, 0.25) is 0 Å². The van der Waals surface area contributed by atoms with Crippen molar-refractivity contribution in [1.82, 2.24) is 10.2 Å². The van der Waals surface area contributed by atoms with Gasteiger partial charge in [0.05, 0.1) is 5.71 Å². The summed E-state index contributed by atoms with van der Waals surface area (Å²) in [5.74, 6) is 0.193. The Morgan fingerprint density at radius 3 is 2.88 bits per heavy atom. The number of guanidine groups is 1. The van der Waals surface area contributed by atoms with Gasteiger partial charge in [-0.1, -0.05) is 18.2 Å². The van der Waals surface area contributed by atoms with Gasteiger partial charge < -0.3 is 10.2 Å². The van der Waals surface area contributed by atoms with Crippen molar-refractivity contribution in [1.29, 1.82) is 0 Å². The molecule has 1 aliphatic carbocycles. The third kappa shape index (κ3) is 1.93. The monoisotopic (exact) mass is 230 g/mol. The Bertz CT molecular complexity index is 455. The van der Waals surface area contributed by atoms with Crippen LogP contribution in [0.5, 0.6) is 0 Å². The molecular weight excluding hydrogens is 216 g/mol. The molecule has 1 N–H and O–H groups in total. The smallest absolute Gasteiger partial charge is 0.261 e. The van der Waals surface area contributed by atoms with E-state index in [1.807, 2.05) is 24.3 Å². The van der Waals surface area contributed by atoms with E-state index in [-0.39, 0.29) is 11.8 Å². The minimum Gasteiger partial charge on any atom is -0.338 e. The van der Waals surface area contributed by atoms with Gasteiger partial charge in [-0.25, -0.2) is 4.99 Å². The van der Waals surface area contributed by atoms with E-state index in [1.165, 1.54) is 0 Å². The molecular formula is C12H14N4O. The molecule has 0 saturated carbocycles. The lowest BCUT2D eigenvalue weighted by molar-refractivity contribution is -0.118. The fourth-order valence-corrected chi connectivity index (χ4v) is 2.16. The minimum atomic E-state index is -0.272. The van der Waals surface area contributed by atoms with Gasteiger partial charge in [-0.3, -0.25) is 4.79 Å². The van der Waals surface area contributed by atoms with Crippen LogP contribution >= 0.6 is 0 Å². The van der Waals surface area contributed by atoms with Gasteiger partial charge in [-0.05, 0) is 6.08 Å². The van der Waals surface area contributed by atoms with Gasteiger partial charge >= 0.3 is 0 Å². The van der Waals surface area contributed by atoms with E-state index in [9.17, 15) is 4.79 Å². The molecule has 0 bridgehead atoms. The molecule has 5 heteroatoms. The van der Waals surface area contributed by atoms with E-state index in [0.29, 0.717) is 5.96 Å². The van der Waals surface area contributed by atoms with Gasteiger partial charge in [0.1, 0.15) is 5.92 Å². The van der Waals surface area contributed by atoms with Crippen molar-refractivity contribution in [3.05, 3.63) is 24.3 Å². The summed E-state index contributed by atoms with van der Waals surface area (Å²) in [7, 11) is 0. The number of aliphatic imine (C=N–C) groups is 2. The summed E-state index contributed by atoms with van der Waals surface area (Å²) in [6.45, 7) is 3.54. The van der Waals surface area contributed by atoms with Crippen molar-refractivity contribution in [3.8, 4) is 0 Å². The normalized spacial score (nSPS) is 27.6. The molecule has 3 aliphatic rings. The zero-order valence-electron chi connectivity index (χ0n) is 9.47. The van der Waals surface area contributed by atoms with Crippen LogP contribution in [0.3, 0.4) is 0 Å². The van der Waals surface area contributed by atoms with Gasteiger partial charge in [0.2, 0.25) is 5.96 Å². The summed E-state index contributed by atoms with van der Waals surface area (Å²) < 4.78 is 0. The number of fused-ring (bicyclic) bond motifs is 1. The Hall–Kier alpha value is -1.75. The van der Waals surface area contributed by atoms with Crippen LogP contribution in [-0.4, -0.2) is 48.7 Å². The standard InChI is InChI=1S/C12H14N4O/c17-11-9-3-1-2-4-10(9)14-12(15-11)16-7-5-13-6-8-16/h1-4,9,13H,5-8H2. The molecule has 0 radical (unpaired) electrons. The van der Waals surface area contributed by atoms with Gasteiger partial charge in [-0.2, -0.15) is 4.99 Å². The Morgan fingerprint density at radius 2 is 2.06 bits per heavy atom. The molecule has 1 fully saturated rings. The molecule has 5 nitrogen and oxygen atoms in total. The highest BCUT2D eigenvalue weighted by Gasteiger charge is 2.28. The second kappa shape index (κ2) is 4.25. The Labute approximate surface area is 99.6 Å². The SMILES string of the molecule is O=C1N=C(N2CCNCC2)N=C2C=CC=CC12. The third-order valence-electron chi connectivity index (χ3n) is 3.11. The highest BCUT2D eigenvalue weighted by Crippen LogP contribution is 2.17. The molecule has 1 atom stereocenters. The largest absolute Gasteiger partial charge is 0.338 e. The molecule has 1 saturated heterocycles. The van der Waals surface area contributed by atoms with Gasteiger partial charge in [-0.15, -0.1) is 0 Å². The first kappa shape index (κ1) is 10.4. The molecule has 2 heterocycles. The van der Waals surface area contributed by atoms with E-state index in [1.54, 1.807) is 0 Å². The zero-order chi connectivity index (χ0) is 11.7. The van der Waals surface area contributed by atoms with E-state index < -0.39 is 0 Å². The molecule has 0 aromatic carbocycles. The quantitative estimate of drug-likeness (QED) is 0.636. The first-order chi connectivity index (χ1) is 8.34. The summed E-state index contributed by atoms with van der Waals surface area (Å²) in [5.41, 5.74) is 0.807. The third-order valence-corrected chi connectivity index (χ3v) is 3.11. The molecule has 88 valence electrons. The summed E-state index contributed by atoms with van der Waals surface area (Å²) >= 11 is 0. The van der Waals surface area contributed by atoms with Crippen LogP contribution in [0, 0.1) is 5.92 Å². The summed E-state index contributed by atoms with van der Waals surface area (Å²) in [6.07, 6.45) is 7.51. The van der Waals surface area contributed by atoms with E-state index in [4.69, 9.17) is 0 Å². The van der Waals surface area contributed by atoms with Crippen LogP contribution in [0.25, 0.3) is 0 Å². The number of nitrogens with one attached hydrogen (secondary N) is 1. The maximum absolute atomic E-state index is 11.9. The number of allylic oxidation sites excluding steroid dienone is 3. The molecule has 0 spiro atoms. The highest BCUT2D eigenvalue weighted by molar-refractivity contribution is 6.20. The first-order valence-electron chi connectivity index (χ1n) is 5.86. The van der Waals surface area contributed by atoms with E-state index in [0.717, 1.165) is 31.9 Å². The van der Waals surface area contributed by atoms with Crippen LogP contribution < -0.4 is 5.32 Å². The number of hydrogen-bond acceptors (Lipinski definition) is 4. The summed E-state index contributed by atoms with van der Waals surface area (Å²) in [4.78, 5) is 22.5. The fourth-order valence-electron chi connectivity index (χ4n) is 2.16. The van der Waals surface area contributed by atoms with Crippen molar-refractivity contribution in [2.45, 2.75) is 0 Å². The van der Waals surface area contributed by atoms with Crippen LogP contribution in [0.1, 0.15) is 0 Å². The highest BCUT2D eigenvalue weighted by atomic mass is 16.1. The van der Waals surface area contributed by atoms with Crippen molar-refractivity contribution in [3.63, 3.8) is 0 Å². The fraction of sp³-hybridized carbons (Fsp3) is 0.417. The van der Waals surface area contributed by atoms with E-state index >= 15 is 0 Å². The average Bonchev–Trinajstić information content (AvgIpc) is 2.40. The minimum absolute atomic E-state index is 0.107. The lowest BCUT2D eigenvalue weighted by Crippen LogP contribution is -2.47. The molecule has 17 heavy (non-hydrogen) atoms. The Morgan fingerprint density at radius 1 is 1.24 bits per heavy atom. The van der Waals surface area contributed by atoms with Crippen molar-refractivity contribution >= 4 is 17.6 Å². The van der Waals surface area contributed by atoms with Gasteiger partial charge in [0.25, 0.3) is 5.91 Å². The number of nitrogens with zero attached hydrogens (tertiary/aromatic N) is 3. The first-order valence-corrected chi connectivity index (χ1v) is 5.86. The lowest BCUT2D eigenvalue weighted by Gasteiger charge is -2.30. The number of carbonyl (C=O) groups excluding carboxylic acids is 1. The summed E-state index contributed by atoms with van der Waals surface area (Å²) in [5, 5.41) is 3.27. The summed E-state index contributed by atoms with van der Waals surface area (Å²) in [6, 6.07) is 0. The van der Waals surface area contributed by atoms with Gasteiger partial charge in [0, 0.05) is 26.2 Å². The second-order valence-electron chi connectivity index (χ2n) is 4.25. The predicted molar refractivity (Wildman–Crippen MR) is 66.1 cm³/mol. The number of piperazine rings is 1. The lowest BCUT2D eigenvalue weighted by atomic mass is 9.97. The van der Waals surface area contributed by atoms with Crippen molar-refractivity contribution in [2.75, 3.05) is 26.2 Å². The second-order valence-corrected chi connectivity index (χ2v) is 4.25. The van der Waals surface area contributed by atoms with Crippen molar-refractivity contribution in [2.24, 2.45) is 15.9 Å². The molecule has 3 rings (SSSR count). The molecule has 1 unspecified atom stereocenters. The Kier molecular flexibility index (Phi) is 2.60. The molecule has 2 aliphatic heterocycles. The van der Waals surface area contributed by atoms with Crippen molar-refractivity contribution < 1.29 is 4.79 Å². The average molecular weight is 230 g/mol. The molecule has 0 aromatic heterocycles. The van der Waals surface area contributed by atoms with Crippen LogP contribution in [0.15, 0.2) is 34.3 Å². The maximum Gasteiger partial charge on any atom is 0.261 e. The number of rotatable bonds is 0. The molecule has 0 aromatic rings. The Balaban J connectivity index is 1.87. The molecule has 1 amide bonds. The number of hydrogen-bond donors (Lipinski definition) is 1. The number of amides is 1. The van der Waals surface area contributed by atoms with Gasteiger partial charge in [0.15, 0.2) is 0 Å². The van der Waals surface area contributed by atoms with Crippen LogP contribution in [-0.2, 0) is 4.79 Å². The van der Waals surface area contributed by atoms with E-state index in [2.05, 4.69) is 20.2 Å². The topological polar surface area (TPSA) is 57.1 Å².